The third-order valence-corrected chi connectivity index (χ3v) is 9.46. The van der Waals surface area contributed by atoms with Crippen LogP contribution in [0.15, 0.2) is 95.2 Å². The van der Waals surface area contributed by atoms with E-state index in [1.807, 2.05) is 85.8 Å². The standard InChI is InChI=1S/C30H31N3O5S2/c1-21-6-5-7-22(18-21)19-33(29(34)30(35)36)20-26-14-15-28(39-26)40(37,38)32-17-16-27(23-8-3-2-4-9-23)24-10-12-25(31)13-11-24/h2-15,18,27,32H,16-17,19-20,31H2,1H3,(H,35,36). The summed E-state index contributed by atoms with van der Waals surface area (Å²) in [4.78, 5) is 25.6. The molecule has 4 N–H and O–H groups in total. The Labute approximate surface area is 238 Å². The fraction of sp³-hybridized carbons (Fsp3) is 0.200. The minimum Gasteiger partial charge on any atom is -0.474 e. The minimum atomic E-state index is -3.81. The Hall–Kier alpha value is -3.99. The van der Waals surface area contributed by atoms with E-state index in [9.17, 15) is 23.1 Å². The van der Waals surface area contributed by atoms with Crippen molar-refractivity contribution in [3.05, 3.63) is 118 Å². The Bertz CT molecular complexity index is 1570. The van der Waals surface area contributed by atoms with Crippen LogP contribution in [0.3, 0.4) is 0 Å². The van der Waals surface area contributed by atoms with Gasteiger partial charge < -0.3 is 15.7 Å². The van der Waals surface area contributed by atoms with Gasteiger partial charge in [0.2, 0.25) is 10.0 Å². The molecule has 1 amide bonds. The molecule has 0 saturated heterocycles. The van der Waals surface area contributed by atoms with Crippen LogP contribution in [0.5, 0.6) is 0 Å². The molecule has 0 bridgehead atoms. The van der Waals surface area contributed by atoms with Crippen LogP contribution in [0, 0.1) is 6.92 Å². The number of hydrogen-bond donors (Lipinski definition) is 3. The number of aliphatic carboxylic acids is 1. The molecule has 8 nitrogen and oxygen atoms in total. The summed E-state index contributed by atoms with van der Waals surface area (Å²) in [7, 11) is -3.81. The lowest BCUT2D eigenvalue weighted by Crippen LogP contribution is -2.35. The number of carbonyl (C=O) groups is 2. The van der Waals surface area contributed by atoms with Gasteiger partial charge in [0.05, 0.1) is 6.54 Å². The molecule has 4 rings (SSSR count). The first-order valence-electron chi connectivity index (χ1n) is 12.7. The highest BCUT2D eigenvalue weighted by atomic mass is 32.2. The van der Waals surface area contributed by atoms with E-state index in [0.717, 1.165) is 33.6 Å². The number of thiophene rings is 1. The number of carboxylic acids is 1. The van der Waals surface area contributed by atoms with Crippen molar-refractivity contribution in [1.29, 1.82) is 0 Å². The molecule has 1 unspecified atom stereocenters. The van der Waals surface area contributed by atoms with Gasteiger partial charge in [0.1, 0.15) is 4.21 Å². The predicted octanol–water partition coefficient (Wildman–Crippen LogP) is 4.75. The van der Waals surface area contributed by atoms with Gasteiger partial charge >= 0.3 is 11.9 Å². The fourth-order valence-electron chi connectivity index (χ4n) is 4.49. The van der Waals surface area contributed by atoms with Crippen molar-refractivity contribution < 1.29 is 23.1 Å². The van der Waals surface area contributed by atoms with Crippen LogP contribution < -0.4 is 10.5 Å². The SMILES string of the molecule is Cc1cccc(CN(Cc2ccc(S(=O)(=O)NCCC(c3ccccc3)c3ccc(N)cc3)s2)C(=O)C(=O)O)c1. The Morgan fingerprint density at radius 1 is 0.925 bits per heavy atom. The first-order valence-corrected chi connectivity index (χ1v) is 15.0. The third-order valence-electron chi connectivity index (χ3n) is 6.44. The molecule has 0 aliphatic carbocycles. The van der Waals surface area contributed by atoms with Crippen LogP contribution in [0.2, 0.25) is 0 Å². The second-order valence-electron chi connectivity index (χ2n) is 9.49. The largest absolute Gasteiger partial charge is 0.474 e. The molecular weight excluding hydrogens is 546 g/mol. The number of nitrogens with two attached hydrogens (primary N) is 1. The summed E-state index contributed by atoms with van der Waals surface area (Å²) in [5, 5.41) is 9.32. The maximum atomic E-state index is 13.1. The number of carbonyl (C=O) groups excluding carboxylic acids is 1. The van der Waals surface area contributed by atoms with E-state index in [1.54, 1.807) is 6.07 Å². The number of carboxylic acid groups (broad SMARTS) is 1. The average Bonchev–Trinajstić information content (AvgIpc) is 3.41. The van der Waals surface area contributed by atoms with Gasteiger partial charge in [0.15, 0.2) is 0 Å². The van der Waals surface area contributed by atoms with E-state index in [4.69, 9.17) is 5.73 Å². The molecule has 10 heteroatoms. The zero-order chi connectivity index (χ0) is 28.7. The summed E-state index contributed by atoms with van der Waals surface area (Å²) in [5.74, 6) is -2.64. The van der Waals surface area contributed by atoms with Crippen LogP contribution in [-0.4, -0.2) is 36.8 Å². The second-order valence-corrected chi connectivity index (χ2v) is 12.7. The van der Waals surface area contributed by atoms with Crippen molar-refractivity contribution in [2.24, 2.45) is 0 Å². The number of benzene rings is 3. The van der Waals surface area contributed by atoms with E-state index >= 15 is 0 Å². The molecule has 0 aliphatic heterocycles. The topological polar surface area (TPSA) is 130 Å². The molecule has 4 aromatic rings. The van der Waals surface area contributed by atoms with Crippen molar-refractivity contribution in [3.63, 3.8) is 0 Å². The third kappa shape index (κ3) is 7.56. The van der Waals surface area contributed by atoms with Gasteiger partial charge in [-0.15, -0.1) is 11.3 Å². The van der Waals surface area contributed by atoms with Gasteiger partial charge in [0.25, 0.3) is 0 Å². The van der Waals surface area contributed by atoms with Crippen LogP contribution in [0.4, 0.5) is 5.69 Å². The fourth-order valence-corrected chi connectivity index (χ4v) is 6.95. The molecule has 0 fully saturated rings. The van der Waals surface area contributed by atoms with Gasteiger partial charge in [0, 0.05) is 29.6 Å². The molecule has 1 heterocycles. The molecule has 0 spiro atoms. The number of rotatable bonds is 11. The smallest absolute Gasteiger partial charge is 0.394 e. The Morgan fingerprint density at radius 2 is 1.62 bits per heavy atom. The summed E-state index contributed by atoms with van der Waals surface area (Å²) >= 11 is 1.01. The number of aryl methyl sites for hydroxylation is 1. The zero-order valence-corrected chi connectivity index (χ0v) is 23.6. The Balaban J connectivity index is 1.45. The normalized spacial score (nSPS) is 12.1. The molecule has 0 aliphatic rings. The van der Waals surface area contributed by atoms with Crippen molar-refractivity contribution in [2.75, 3.05) is 12.3 Å². The van der Waals surface area contributed by atoms with Crippen LogP contribution in [0.1, 0.15) is 39.5 Å². The maximum absolute atomic E-state index is 13.1. The van der Waals surface area contributed by atoms with Crippen molar-refractivity contribution in [2.45, 2.75) is 36.6 Å². The van der Waals surface area contributed by atoms with Crippen LogP contribution >= 0.6 is 11.3 Å². The summed E-state index contributed by atoms with van der Waals surface area (Å²) in [6.07, 6.45) is 0.531. The number of amides is 1. The number of nitrogen functional groups attached to an aromatic ring is 1. The molecule has 40 heavy (non-hydrogen) atoms. The Morgan fingerprint density at radius 3 is 2.30 bits per heavy atom. The first-order chi connectivity index (χ1) is 19.1. The molecular formula is C30H31N3O5S2. The summed E-state index contributed by atoms with van der Waals surface area (Å²) in [6, 6.07) is 28.0. The van der Waals surface area contributed by atoms with E-state index in [-0.39, 0.29) is 29.8 Å². The number of nitrogens with one attached hydrogen (secondary N) is 1. The molecule has 0 saturated carbocycles. The molecule has 1 aromatic heterocycles. The monoisotopic (exact) mass is 577 g/mol. The van der Waals surface area contributed by atoms with Crippen LogP contribution in [0.25, 0.3) is 0 Å². The number of anilines is 1. The van der Waals surface area contributed by atoms with Gasteiger partial charge in [-0.2, -0.15) is 0 Å². The molecule has 1 atom stereocenters. The highest BCUT2D eigenvalue weighted by Gasteiger charge is 2.24. The Kier molecular flexibility index (Phi) is 9.36. The lowest BCUT2D eigenvalue weighted by atomic mass is 9.88. The maximum Gasteiger partial charge on any atom is 0.394 e. The van der Waals surface area contributed by atoms with E-state index in [1.165, 1.54) is 11.0 Å². The average molecular weight is 578 g/mol. The zero-order valence-electron chi connectivity index (χ0n) is 22.0. The van der Waals surface area contributed by atoms with Gasteiger partial charge in [-0.1, -0.05) is 72.3 Å². The summed E-state index contributed by atoms with van der Waals surface area (Å²) in [5.41, 5.74) is 10.4. The molecule has 208 valence electrons. The van der Waals surface area contributed by atoms with Crippen LogP contribution in [-0.2, 0) is 32.7 Å². The predicted molar refractivity (Wildman–Crippen MR) is 156 cm³/mol. The van der Waals surface area contributed by atoms with Gasteiger partial charge in [-0.3, -0.25) is 4.79 Å². The second kappa shape index (κ2) is 12.9. The summed E-state index contributed by atoms with van der Waals surface area (Å²) in [6.45, 7) is 2.19. The first kappa shape index (κ1) is 29.0. The quantitative estimate of drug-likeness (QED) is 0.174. The van der Waals surface area contributed by atoms with E-state index in [2.05, 4.69) is 4.72 Å². The number of nitrogens with zero attached hydrogens (tertiary/aromatic N) is 1. The van der Waals surface area contributed by atoms with Crippen molar-refractivity contribution >= 4 is 38.9 Å². The van der Waals surface area contributed by atoms with Gasteiger partial charge in [-0.05, 0) is 54.3 Å². The highest BCUT2D eigenvalue weighted by molar-refractivity contribution is 7.91. The number of hydrogen-bond acceptors (Lipinski definition) is 6. The summed E-state index contributed by atoms with van der Waals surface area (Å²) < 4.78 is 29.0. The van der Waals surface area contributed by atoms with Gasteiger partial charge in [-0.25, -0.2) is 17.9 Å². The lowest BCUT2D eigenvalue weighted by Gasteiger charge is -2.20. The molecule has 0 radical (unpaired) electrons. The lowest BCUT2D eigenvalue weighted by molar-refractivity contribution is -0.156. The van der Waals surface area contributed by atoms with E-state index in [0.29, 0.717) is 17.0 Å². The number of sulfonamides is 1. The highest BCUT2D eigenvalue weighted by Crippen LogP contribution is 2.29. The van der Waals surface area contributed by atoms with Crippen molar-refractivity contribution in [1.82, 2.24) is 9.62 Å². The molecule has 3 aromatic carbocycles. The minimum absolute atomic E-state index is 0.0213. The van der Waals surface area contributed by atoms with E-state index < -0.39 is 21.9 Å². The van der Waals surface area contributed by atoms with Crippen molar-refractivity contribution in [3.8, 4) is 0 Å².